The van der Waals surface area contributed by atoms with Crippen molar-refractivity contribution in [3.8, 4) is 5.75 Å². The molecule has 1 N–H and O–H groups in total. The SMILES string of the molecule is O=C(N/N=C\c1ccccc1COc1ccccc1)c1ccccc1Cl. The number of ether oxygens (including phenoxy) is 1. The molecule has 0 saturated carbocycles. The van der Waals surface area contributed by atoms with Crippen LogP contribution in [0, 0.1) is 0 Å². The van der Waals surface area contributed by atoms with E-state index in [4.69, 9.17) is 16.3 Å². The Morgan fingerprint density at radius 1 is 0.962 bits per heavy atom. The normalized spacial score (nSPS) is 10.7. The fourth-order valence-corrected chi connectivity index (χ4v) is 2.56. The van der Waals surface area contributed by atoms with E-state index in [1.54, 1.807) is 30.5 Å². The highest BCUT2D eigenvalue weighted by molar-refractivity contribution is 6.33. The zero-order valence-electron chi connectivity index (χ0n) is 13.9. The van der Waals surface area contributed by atoms with Crippen LogP contribution in [0.4, 0.5) is 0 Å². The third kappa shape index (κ3) is 4.71. The van der Waals surface area contributed by atoms with Gasteiger partial charge in [0.15, 0.2) is 0 Å². The van der Waals surface area contributed by atoms with E-state index in [2.05, 4.69) is 10.5 Å². The van der Waals surface area contributed by atoms with Gasteiger partial charge in [-0.2, -0.15) is 5.10 Å². The molecular formula is C21H17ClN2O2. The van der Waals surface area contributed by atoms with Crippen LogP contribution in [0.25, 0.3) is 0 Å². The summed E-state index contributed by atoms with van der Waals surface area (Å²) in [6.45, 7) is 0.407. The van der Waals surface area contributed by atoms with Gasteiger partial charge in [0.25, 0.3) is 5.91 Å². The van der Waals surface area contributed by atoms with E-state index < -0.39 is 0 Å². The molecule has 0 aliphatic rings. The lowest BCUT2D eigenvalue weighted by Gasteiger charge is -2.08. The molecule has 26 heavy (non-hydrogen) atoms. The topological polar surface area (TPSA) is 50.7 Å². The van der Waals surface area contributed by atoms with Gasteiger partial charge in [0.1, 0.15) is 12.4 Å². The van der Waals surface area contributed by atoms with Crippen LogP contribution < -0.4 is 10.2 Å². The number of benzene rings is 3. The molecule has 1 amide bonds. The first-order valence-corrected chi connectivity index (χ1v) is 8.45. The number of carbonyl (C=O) groups is 1. The Morgan fingerprint density at radius 3 is 2.46 bits per heavy atom. The predicted molar refractivity (Wildman–Crippen MR) is 104 cm³/mol. The number of amides is 1. The van der Waals surface area contributed by atoms with E-state index in [-0.39, 0.29) is 5.91 Å². The summed E-state index contributed by atoms with van der Waals surface area (Å²) in [4.78, 5) is 12.1. The molecule has 0 saturated heterocycles. The number of rotatable bonds is 6. The zero-order valence-corrected chi connectivity index (χ0v) is 14.7. The molecule has 5 heteroatoms. The Kier molecular flexibility index (Phi) is 6.01. The van der Waals surface area contributed by atoms with Gasteiger partial charge in [-0.15, -0.1) is 0 Å². The smallest absolute Gasteiger partial charge is 0.272 e. The number of hydrazone groups is 1. The fourth-order valence-electron chi connectivity index (χ4n) is 2.34. The van der Waals surface area contributed by atoms with Crippen LogP contribution >= 0.6 is 11.6 Å². The van der Waals surface area contributed by atoms with E-state index in [0.29, 0.717) is 17.2 Å². The maximum absolute atomic E-state index is 12.1. The Labute approximate surface area is 157 Å². The highest BCUT2D eigenvalue weighted by Crippen LogP contribution is 2.15. The van der Waals surface area contributed by atoms with E-state index in [0.717, 1.165) is 16.9 Å². The monoisotopic (exact) mass is 364 g/mol. The maximum Gasteiger partial charge on any atom is 0.272 e. The molecule has 0 aliphatic carbocycles. The van der Waals surface area contributed by atoms with Crippen molar-refractivity contribution in [2.45, 2.75) is 6.61 Å². The third-order valence-corrected chi connectivity index (χ3v) is 4.01. The Bertz CT molecular complexity index is 911. The fraction of sp³-hybridized carbons (Fsp3) is 0.0476. The summed E-state index contributed by atoms with van der Waals surface area (Å²) in [6.07, 6.45) is 1.60. The van der Waals surface area contributed by atoms with Crippen LogP contribution in [0.2, 0.25) is 5.02 Å². The molecule has 0 aromatic heterocycles. The van der Waals surface area contributed by atoms with Crippen LogP contribution in [0.15, 0.2) is 84.0 Å². The second-order valence-electron chi connectivity index (χ2n) is 5.48. The highest BCUT2D eigenvalue weighted by Gasteiger charge is 2.08. The molecule has 0 heterocycles. The van der Waals surface area contributed by atoms with Crippen molar-refractivity contribution < 1.29 is 9.53 Å². The summed E-state index contributed by atoms with van der Waals surface area (Å²) in [5, 5.41) is 4.42. The number of nitrogens with one attached hydrogen (secondary N) is 1. The number of halogens is 1. The third-order valence-electron chi connectivity index (χ3n) is 3.68. The first-order valence-electron chi connectivity index (χ1n) is 8.08. The van der Waals surface area contributed by atoms with Crippen LogP contribution in [0.3, 0.4) is 0 Å². The first-order chi connectivity index (χ1) is 12.7. The maximum atomic E-state index is 12.1. The lowest BCUT2D eigenvalue weighted by molar-refractivity contribution is 0.0955. The van der Waals surface area contributed by atoms with Gasteiger partial charge in [0.05, 0.1) is 16.8 Å². The van der Waals surface area contributed by atoms with Crippen LogP contribution in [-0.4, -0.2) is 12.1 Å². The summed E-state index contributed by atoms with van der Waals surface area (Å²) in [5.41, 5.74) is 4.70. The average Bonchev–Trinajstić information content (AvgIpc) is 2.68. The van der Waals surface area contributed by atoms with Crippen molar-refractivity contribution >= 4 is 23.7 Å². The summed E-state index contributed by atoms with van der Waals surface area (Å²) in [7, 11) is 0. The summed E-state index contributed by atoms with van der Waals surface area (Å²) in [6, 6.07) is 24.1. The molecule has 3 aromatic rings. The molecule has 0 unspecified atom stereocenters. The number of para-hydroxylation sites is 1. The van der Waals surface area contributed by atoms with E-state index in [1.807, 2.05) is 54.6 Å². The Hall–Kier alpha value is -3.11. The van der Waals surface area contributed by atoms with Crippen molar-refractivity contribution in [2.24, 2.45) is 5.10 Å². The van der Waals surface area contributed by atoms with Gasteiger partial charge < -0.3 is 4.74 Å². The number of hydrogen-bond donors (Lipinski definition) is 1. The molecule has 4 nitrogen and oxygen atoms in total. The standard InChI is InChI=1S/C21H17ClN2O2/c22-20-13-7-6-12-19(20)21(25)24-23-14-16-8-4-5-9-17(16)15-26-18-10-2-1-3-11-18/h1-14H,15H2,(H,24,25)/b23-14-. The minimum Gasteiger partial charge on any atom is -0.489 e. The molecule has 0 fully saturated rings. The van der Waals surface area contributed by atoms with E-state index in [9.17, 15) is 4.79 Å². The van der Waals surface area contributed by atoms with Gasteiger partial charge in [-0.3, -0.25) is 4.79 Å². The molecule has 0 spiro atoms. The number of nitrogens with zero attached hydrogens (tertiary/aromatic N) is 1. The molecule has 0 atom stereocenters. The Morgan fingerprint density at radius 2 is 1.65 bits per heavy atom. The second kappa shape index (κ2) is 8.83. The number of hydrogen-bond acceptors (Lipinski definition) is 3. The van der Waals surface area contributed by atoms with Crippen molar-refractivity contribution in [3.05, 3.63) is 101 Å². The lowest BCUT2D eigenvalue weighted by Crippen LogP contribution is -2.18. The summed E-state index contributed by atoms with van der Waals surface area (Å²) in [5.74, 6) is 0.441. The van der Waals surface area contributed by atoms with Crippen molar-refractivity contribution in [1.82, 2.24) is 5.43 Å². The lowest BCUT2D eigenvalue weighted by atomic mass is 10.1. The van der Waals surface area contributed by atoms with Crippen molar-refractivity contribution in [3.63, 3.8) is 0 Å². The first kappa shape index (κ1) is 17.7. The predicted octanol–water partition coefficient (Wildman–Crippen LogP) is 4.68. The van der Waals surface area contributed by atoms with Gasteiger partial charge in [-0.25, -0.2) is 5.43 Å². The molecule has 0 radical (unpaired) electrons. The minimum absolute atomic E-state index is 0.357. The second-order valence-corrected chi connectivity index (χ2v) is 5.89. The van der Waals surface area contributed by atoms with Gasteiger partial charge in [-0.1, -0.05) is 66.2 Å². The largest absolute Gasteiger partial charge is 0.489 e. The summed E-state index contributed by atoms with van der Waals surface area (Å²) < 4.78 is 5.78. The minimum atomic E-state index is -0.357. The van der Waals surface area contributed by atoms with Crippen molar-refractivity contribution in [2.75, 3.05) is 0 Å². The quantitative estimate of drug-likeness (QED) is 0.510. The van der Waals surface area contributed by atoms with Crippen LogP contribution in [0.5, 0.6) is 5.75 Å². The van der Waals surface area contributed by atoms with Gasteiger partial charge in [-0.05, 0) is 29.8 Å². The van der Waals surface area contributed by atoms with E-state index >= 15 is 0 Å². The molecule has 0 aliphatic heterocycles. The highest BCUT2D eigenvalue weighted by atomic mass is 35.5. The van der Waals surface area contributed by atoms with Gasteiger partial charge in [0, 0.05) is 5.56 Å². The van der Waals surface area contributed by atoms with Crippen LogP contribution in [0.1, 0.15) is 21.5 Å². The average molecular weight is 365 g/mol. The van der Waals surface area contributed by atoms with Crippen LogP contribution in [-0.2, 0) is 6.61 Å². The molecular weight excluding hydrogens is 348 g/mol. The van der Waals surface area contributed by atoms with E-state index in [1.165, 1.54) is 0 Å². The molecule has 0 bridgehead atoms. The Balaban J connectivity index is 1.65. The molecule has 130 valence electrons. The van der Waals surface area contributed by atoms with Gasteiger partial charge >= 0.3 is 0 Å². The summed E-state index contributed by atoms with van der Waals surface area (Å²) >= 11 is 6.01. The molecule has 3 aromatic carbocycles. The zero-order chi connectivity index (χ0) is 18.2. The van der Waals surface area contributed by atoms with Gasteiger partial charge in [0.2, 0.25) is 0 Å². The number of carbonyl (C=O) groups excluding carboxylic acids is 1. The molecule has 3 rings (SSSR count). The van der Waals surface area contributed by atoms with Crippen molar-refractivity contribution in [1.29, 1.82) is 0 Å².